The molecule has 4 rings (SSSR count). The number of nitrogens with zero attached hydrogens (tertiary/aromatic N) is 7. The Morgan fingerprint density at radius 1 is 1.12 bits per heavy atom. The van der Waals surface area contributed by atoms with E-state index in [1.54, 1.807) is 25.8 Å². The molecule has 1 amide bonds. The fourth-order valence-electron chi connectivity index (χ4n) is 3.97. The lowest BCUT2D eigenvalue weighted by Gasteiger charge is -2.38. The van der Waals surface area contributed by atoms with Crippen molar-refractivity contribution in [3.05, 3.63) is 43.0 Å². The second-order valence-electron chi connectivity index (χ2n) is 8.34. The molecule has 33 heavy (non-hydrogen) atoms. The predicted molar refractivity (Wildman–Crippen MR) is 130 cm³/mol. The lowest BCUT2D eigenvalue weighted by molar-refractivity contribution is -0.130. The molecule has 10 heteroatoms. The molecule has 0 atom stereocenters. The van der Waals surface area contributed by atoms with Crippen molar-refractivity contribution in [1.29, 1.82) is 0 Å². The molecule has 0 aliphatic carbocycles. The van der Waals surface area contributed by atoms with Crippen molar-refractivity contribution in [2.24, 2.45) is 5.92 Å². The Morgan fingerprint density at radius 2 is 1.85 bits per heavy atom. The van der Waals surface area contributed by atoms with Gasteiger partial charge in [0.25, 0.3) is 0 Å². The van der Waals surface area contributed by atoms with Gasteiger partial charge in [-0.05, 0) is 12.0 Å². The molecule has 1 aliphatic heterocycles. The number of piperazine rings is 1. The molecule has 1 saturated heterocycles. The van der Waals surface area contributed by atoms with Gasteiger partial charge in [0.15, 0.2) is 0 Å². The number of rotatable bonds is 8. The first kappa shape index (κ1) is 22.9. The highest BCUT2D eigenvalue weighted by molar-refractivity contribution is 7.09. The predicted octanol–water partition coefficient (Wildman–Crippen LogP) is 2.81. The molecule has 1 fully saturated rings. The average molecular weight is 468 g/mol. The molecular weight excluding hydrogens is 438 g/mol. The Labute approximate surface area is 198 Å². The van der Waals surface area contributed by atoms with Crippen LogP contribution in [0.4, 0.5) is 10.8 Å². The summed E-state index contributed by atoms with van der Waals surface area (Å²) in [5.74, 6) is 0.555. The van der Waals surface area contributed by atoms with Gasteiger partial charge in [-0.2, -0.15) is 4.37 Å². The van der Waals surface area contributed by atoms with Gasteiger partial charge in [-0.15, -0.1) is 0 Å². The second-order valence-corrected chi connectivity index (χ2v) is 9.10. The monoisotopic (exact) mass is 467 g/mol. The Balaban J connectivity index is 1.41. The molecule has 9 nitrogen and oxygen atoms in total. The summed E-state index contributed by atoms with van der Waals surface area (Å²) in [6.45, 7) is 8.28. The summed E-state index contributed by atoms with van der Waals surface area (Å²) in [6, 6.07) is 8.58. The standard InChI is InChI=1S/C23H29N7O2S/c1-17(2)14-30(23-26-16-27-33-23)15-21(31)29-10-8-28(9-11-29)20-7-5-4-6-19(20)18-12-24-22(32-3)25-13-18/h4-7,12-13,16-17H,8-11,14-15H2,1-3H3. The Hall–Kier alpha value is -3.27. The fraction of sp³-hybridized carbons (Fsp3) is 0.435. The van der Waals surface area contributed by atoms with Gasteiger partial charge in [-0.25, -0.2) is 15.0 Å². The van der Waals surface area contributed by atoms with E-state index in [1.165, 1.54) is 11.5 Å². The summed E-state index contributed by atoms with van der Waals surface area (Å²) in [5.41, 5.74) is 3.12. The first-order valence-corrected chi connectivity index (χ1v) is 11.8. The summed E-state index contributed by atoms with van der Waals surface area (Å²) in [5, 5.41) is 0.798. The number of methoxy groups -OCH3 is 1. The number of carbonyl (C=O) groups excluding carboxylic acids is 1. The van der Waals surface area contributed by atoms with Crippen molar-refractivity contribution in [2.45, 2.75) is 13.8 Å². The van der Waals surface area contributed by atoms with E-state index >= 15 is 0 Å². The van der Waals surface area contributed by atoms with Crippen LogP contribution in [0.15, 0.2) is 43.0 Å². The van der Waals surface area contributed by atoms with Gasteiger partial charge >= 0.3 is 6.01 Å². The van der Waals surface area contributed by atoms with Crippen molar-refractivity contribution in [2.75, 3.05) is 56.2 Å². The van der Waals surface area contributed by atoms with Gasteiger partial charge in [-0.3, -0.25) is 4.79 Å². The molecule has 2 aromatic heterocycles. The van der Waals surface area contributed by atoms with Gasteiger partial charge in [0.05, 0.1) is 13.7 Å². The van der Waals surface area contributed by atoms with Crippen molar-refractivity contribution in [3.63, 3.8) is 0 Å². The van der Waals surface area contributed by atoms with Gasteiger partial charge in [0.1, 0.15) is 6.33 Å². The number of para-hydroxylation sites is 1. The summed E-state index contributed by atoms with van der Waals surface area (Å²) in [7, 11) is 1.56. The maximum absolute atomic E-state index is 13.1. The van der Waals surface area contributed by atoms with E-state index in [-0.39, 0.29) is 5.91 Å². The highest BCUT2D eigenvalue weighted by Gasteiger charge is 2.25. The summed E-state index contributed by atoms with van der Waals surface area (Å²) in [4.78, 5) is 32.2. The molecular formula is C23H29N7O2S. The third kappa shape index (κ3) is 5.57. The SMILES string of the molecule is COc1ncc(-c2ccccc2N2CCN(C(=O)CN(CC(C)C)c3ncns3)CC2)cn1. The van der Waals surface area contributed by atoms with Crippen LogP contribution < -0.4 is 14.5 Å². The van der Waals surface area contributed by atoms with E-state index in [4.69, 9.17) is 4.74 Å². The molecule has 0 unspecified atom stereocenters. The van der Waals surface area contributed by atoms with Crippen LogP contribution in [0.5, 0.6) is 6.01 Å². The van der Waals surface area contributed by atoms with Crippen LogP contribution in [0.2, 0.25) is 0 Å². The van der Waals surface area contributed by atoms with Crippen molar-refractivity contribution in [1.82, 2.24) is 24.2 Å². The van der Waals surface area contributed by atoms with Crippen LogP contribution in [-0.2, 0) is 4.79 Å². The fourth-order valence-corrected chi connectivity index (χ4v) is 4.51. The van der Waals surface area contributed by atoms with Crippen LogP contribution in [0.3, 0.4) is 0 Å². The summed E-state index contributed by atoms with van der Waals surface area (Å²) >= 11 is 1.33. The molecule has 0 bridgehead atoms. The van der Waals surface area contributed by atoms with Crippen molar-refractivity contribution in [3.8, 4) is 17.1 Å². The largest absolute Gasteiger partial charge is 0.467 e. The number of carbonyl (C=O) groups is 1. The maximum Gasteiger partial charge on any atom is 0.316 e. The summed E-state index contributed by atoms with van der Waals surface area (Å²) in [6.07, 6.45) is 5.10. The van der Waals surface area contributed by atoms with E-state index < -0.39 is 0 Å². The minimum Gasteiger partial charge on any atom is -0.467 e. The third-order valence-corrected chi connectivity index (χ3v) is 6.26. The maximum atomic E-state index is 13.1. The van der Waals surface area contributed by atoms with E-state index in [9.17, 15) is 4.79 Å². The molecule has 3 aromatic rings. The minimum atomic E-state index is 0.127. The Morgan fingerprint density at radius 3 is 2.48 bits per heavy atom. The van der Waals surface area contributed by atoms with Crippen LogP contribution in [-0.4, -0.2) is 76.5 Å². The zero-order valence-electron chi connectivity index (χ0n) is 19.2. The Bertz CT molecular complexity index is 1040. The molecule has 1 aliphatic rings. The van der Waals surface area contributed by atoms with Crippen LogP contribution in [0.1, 0.15) is 13.8 Å². The second kappa shape index (κ2) is 10.6. The van der Waals surface area contributed by atoms with Gasteiger partial charge in [-0.1, -0.05) is 32.0 Å². The number of aromatic nitrogens is 4. The zero-order chi connectivity index (χ0) is 23.2. The number of amides is 1. The first-order valence-electron chi connectivity index (χ1n) is 11.0. The molecule has 0 radical (unpaired) electrons. The number of hydrogen-bond donors (Lipinski definition) is 0. The van der Waals surface area contributed by atoms with Crippen molar-refractivity contribution < 1.29 is 9.53 Å². The third-order valence-electron chi connectivity index (χ3n) is 5.53. The van der Waals surface area contributed by atoms with E-state index in [1.807, 2.05) is 21.9 Å². The van der Waals surface area contributed by atoms with Gasteiger partial charge < -0.3 is 19.4 Å². The number of hydrogen-bond acceptors (Lipinski definition) is 9. The molecule has 0 spiro atoms. The van der Waals surface area contributed by atoms with Crippen LogP contribution >= 0.6 is 11.5 Å². The zero-order valence-corrected chi connectivity index (χ0v) is 20.0. The van der Waals surface area contributed by atoms with Gasteiger partial charge in [0.2, 0.25) is 11.0 Å². The molecule has 0 N–H and O–H groups in total. The average Bonchev–Trinajstić information content (AvgIpc) is 3.39. The molecule has 174 valence electrons. The number of benzene rings is 1. The highest BCUT2D eigenvalue weighted by atomic mass is 32.1. The van der Waals surface area contributed by atoms with E-state index in [0.29, 0.717) is 31.6 Å². The van der Waals surface area contributed by atoms with Crippen LogP contribution in [0, 0.1) is 5.92 Å². The Kier molecular flexibility index (Phi) is 7.33. The number of ether oxygens (including phenoxy) is 1. The normalized spacial score (nSPS) is 13.9. The van der Waals surface area contributed by atoms with Gasteiger partial charge in [0, 0.05) is 73.5 Å². The van der Waals surface area contributed by atoms with E-state index in [2.05, 4.69) is 50.2 Å². The van der Waals surface area contributed by atoms with Crippen LogP contribution in [0.25, 0.3) is 11.1 Å². The molecule has 3 heterocycles. The molecule has 1 aromatic carbocycles. The summed E-state index contributed by atoms with van der Waals surface area (Å²) < 4.78 is 9.18. The lowest BCUT2D eigenvalue weighted by atomic mass is 10.1. The number of anilines is 2. The minimum absolute atomic E-state index is 0.127. The highest BCUT2D eigenvalue weighted by Crippen LogP contribution is 2.31. The topological polar surface area (TPSA) is 87.6 Å². The molecule has 0 saturated carbocycles. The lowest BCUT2D eigenvalue weighted by Crippen LogP contribution is -2.51. The quantitative estimate of drug-likeness (QED) is 0.500. The first-order chi connectivity index (χ1) is 16.0. The van der Waals surface area contributed by atoms with Crippen molar-refractivity contribution >= 4 is 28.3 Å². The smallest absolute Gasteiger partial charge is 0.316 e. The van der Waals surface area contributed by atoms with E-state index in [0.717, 1.165) is 41.6 Å².